The maximum atomic E-state index is 9.17. The van der Waals surface area contributed by atoms with Gasteiger partial charge in [-0.15, -0.1) is 0 Å². The molecule has 0 spiro atoms. The first-order chi connectivity index (χ1) is 7.22. The summed E-state index contributed by atoms with van der Waals surface area (Å²) in [6.07, 6.45) is 4.61. The summed E-state index contributed by atoms with van der Waals surface area (Å²) in [5, 5.41) is 12.5. The lowest BCUT2D eigenvalue weighted by molar-refractivity contribution is 0.223. The molecular weight excluding hydrogens is 188 g/mol. The van der Waals surface area contributed by atoms with Gasteiger partial charge >= 0.3 is 0 Å². The molecule has 1 aromatic rings. The number of aliphatic hydroxyl groups excluding tert-OH is 1. The van der Waals surface area contributed by atoms with Crippen LogP contribution in [-0.4, -0.2) is 22.7 Å². The number of rotatable bonds is 6. The molecule has 0 fully saturated rings. The van der Waals surface area contributed by atoms with Crippen LogP contribution in [0.25, 0.3) is 0 Å². The lowest BCUT2D eigenvalue weighted by Gasteiger charge is -2.18. The monoisotopic (exact) mass is 208 g/mol. The molecule has 0 aliphatic carbocycles. The van der Waals surface area contributed by atoms with Gasteiger partial charge < -0.3 is 10.4 Å². The predicted molar refractivity (Wildman–Crippen MR) is 61.4 cm³/mol. The lowest BCUT2D eigenvalue weighted by Crippen LogP contribution is -2.33. The average molecular weight is 208 g/mol. The van der Waals surface area contributed by atoms with E-state index in [2.05, 4.69) is 24.1 Å². The molecular formula is C12H20N2O. The fourth-order valence-electron chi connectivity index (χ4n) is 1.56. The summed E-state index contributed by atoms with van der Waals surface area (Å²) in [4.78, 5) is 4.05. The maximum Gasteiger partial charge on any atom is 0.0584 e. The van der Waals surface area contributed by atoms with Gasteiger partial charge in [-0.3, -0.25) is 4.98 Å². The molecule has 15 heavy (non-hydrogen) atoms. The summed E-state index contributed by atoms with van der Waals surface area (Å²) in [5.41, 5.74) is 1.15. The van der Waals surface area contributed by atoms with Crippen molar-refractivity contribution in [1.82, 2.24) is 10.3 Å². The third-order valence-corrected chi connectivity index (χ3v) is 2.29. The summed E-state index contributed by atoms with van der Waals surface area (Å²) in [5.74, 6) is 0.601. The normalized spacial score (nSPS) is 13.1. The molecule has 0 aliphatic rings. The van der Waals surface area contributed by atoms with E-state index in [0.29, 0.717) is 5.92 Å². The van der Waals surface area contributed by atoms with Crippen molar-refractivity contribution in [1.29, 1.82) is 0 Å². The topological polar surface area (TPSA) is 45.1 Å². The van der Waals surface area contributed by atoms with Crippen LogP contribution in [0, 0.1) is 5.92 Å². The first-order valence-electron chi connectivity index (χ1n) is 5.45. The highest BCUT2D eigenvalue weighted by atomic mass is 16.3. The molecule has 3 heteroatoms. The number of nitrogens with zero attached hydrogens (tertiary/aromatic N) is 1. The molecule has 0 bridgehead atoms. The Kier molecular flexibility index (Phi) is 5.29. The first-order valence-corrected chi connectivity index (χ1v) is 5.45. The summed E-state index contributed by atoms with van der Waals surface area (Å²) >= 11 is 0. The molecule has 1 atom stereocenters. The van der Waals surface area contributed by atoms with Crippen molar-refractivity contribution in [2.45, 2.75) is 32.9 Å². The predicted octanol–water partition coefficient (Wildman–Crippen LogP) is 1.58. The zero-order valence-corrected chi connectivity index (χ0v) is 9.48. The molecule has 0 aromatic carbocycles. The van der Waals surface area contributed by atoms with Crippen LogP contribution < -0.4 is 5.32 Å². The van der Waals surface area contributed by atoms with E-state index < -0.39 is 0 Å². The number of aromatic nitrogens is 1. The molecule has 1 rings (SSSR count). The second kappa shape index (κ2) is 6.53. The number of hydrogen-bond donors (Lipinski definition) is 2. The van der Waals surface area contributed by atoms with E-state index in [-0.39, 0.29) is 12.6 Å². The van der Waals surface area contributed by atoms with Crippen molar-refractivity contribution in [3.63, 3.8) is 0 Å². The van der Waals surface area contributed by atoms with E-state index in [4.69, 9.17) is 0 Å². The third kappa shape index (κ3) is 4.91. The first kappa shape index (κ1) is 12.1. The highest BCUT2D eigenvalue weighted by molar-refractivity contribution is 5.07. The fraction of sp³-hybridized carbons (Fsp3) is 0.583. The molecule has 0 amide bonds. The minimum atomic E-state index is 0.185. The Labute approximate surface area is 91.5 Å². The molecule has 1 aromatic heterocycles. The van der Waals surface area contributed by atoms with Crippen molar-refractivity contribution < 1.29 is 5.11 Å². The van der Waals surface area contributed by atoms with Crippen LogP contribution in [0.1, 0.15) is 25.8 Å². The Morgan fingerprint density at radius 2 is 2.27 bits per heavy atom. The van der Waals surface area contributed by atoms with E-state index in [1.165, 1.54) is 0 Å². The quantitative estimate of drug-likeness (QED) is 0.746. The highest BCUT2D eigenvalue weighted by Crippen LogP contribution is 2.05. The van der Waals surface area contributed by atoms with Crippen molar-refractivity contribution in [3.05, 3.63) is 30.1 Å². The molecule has 2 N–H and O–H groups in total. The van der Waals surface area contributed by atoms with Crippen molar-refractivity contribution in [2.75, 3.05) is 6.61 Å². The van der Waals surface area contributed by atoms with Crippen LogP contribution in [-0.2, 0) is 6.54 Å². The van der Waals surface area contributed by atoms with Crippen LogP contribution in [0.3, 0.4) is 0 Å². The fourth-order valence-corrected chi connectivity index (χ4v) is 1.56. The molecule has 0 saturated heterocycles. The standard InChI is InChI=1S/C12H20N2O/c1-10(2)6-12(9-15)14-8-11-4-3-5-13-7-11/h3-5,7,10,12,14-15H,6,8-9H2,1-2H3. The molecule has 0 saturated carbocycles. The van der Waals surface area contributed by atoms with Gasteiger partial charge in [-0.25, -0.2) is 0 Å². The summed E-state index contributed by atoms with van der Waals surface area (Å²) in [6.45, 7) is 5.28. The molecule has 3 nitrogen and oxygen atoms in total. The zero-order valence-electron chi connectivity index (χ0n) is 9.48. The van der Waals surface area contributed by atoms with Gasteiger partial charge in [0.25, 0.3) is 0 Å². The Hall–Kier alpha value is -0.930. The SMILES string of the molecule is CC(C)CC(CO)NCc1cccnc1. The van der Waals surface area contributed by atoms with Crippen molar-refractivity contribution in [2.24, 2.45) is 5.92 Å². The van der Waals surface area contributed by atoms with E-state index in [0.717, 1.165) is 18.5 Å². The molecule has 0 radical (unpaired) electrons. The minimum absolute atomic E-state index is 0.185. The second-order valence-corrected chi connectivity index (χ2v) is 4.25. The third-order valence-electron chi connectivity index (χ3n) is 2.29. The average Bonchev–Trinajstić information content (AvgIpc) is 2.25. The number of aliphatic hydroxyl groups is 1. The number of pyridine rings is 1. The van der Waals surface area contributed by atoms with Crippen LogP contribution in [0.5, 0.6) is 0 Å². The van der Waals surface area contributed by atoms with E-state index in [1.54, 1.807) is 6.20 Å². The minimum Gasteiger partial charge on any atom is -0.395 e. The van der Waals surface area contributed by atoms with Crippen LogP contribution in [0.15, 0.2) is 24.5 Å². The summed E-state index contributed by atoms with van der Waals surface area (Å²) < 4.78 is 0. The van der Waals surface area contributed by atoms with Crippen LogP contribution in [0.2, 0.25) is 0 Å². The summed E-state index contributed by atoms with van der Waals surface area (Å²) in [6, 6.07) is 4.14. The van der Waals surface area contributed by atoms with Crippen molar-refractivity contribution >= 4 is 0 Å². The van der Waals surface area contributed by atoms with E-state index in [1.807, 2.05) is 18.3 Å². The molecule has 1 heterocycles. The Morgan fingerprint density at radius 1 is 1.47 bits per heavy atom. The van der Waals surface area contributed by atoms with Crippen LogP contribution in [0.4, 0.5) is 0 Å². The van der Waals surface area contributed by atoms with Gasteiger partial charge in [-0.05, 0) is 24.0 Å². The Morgan fingerprint density at radius 3 is 2.80 bits per heavy atom. The zero-order chi connectivity index (χ0) is 11.1. The highest BCUT2D eigenvalue weighted by Gasteiger charge is 2.08. The van der Waals surface area contributed by atoms with Crippen LogP contribution >= 0.6 is 0 Å². The maximum absolute atomic E-state index is 9.17. The Bertz CT molecular complexity index is 262. The van der Waals surface area contributed by atoms with Crippen molar-refractivity contribution in [3.8, 4) is 0 Å². The molecule has 84 valence electrons. The van der Waals surface area contributed by atoms with Gasteiger partial charge in [0.15, 0.2) is 0 Å². The van der Waals surface area contributed by atoms with E-state index in [9.17, 15) is 5.11 Å². The second-order valence-electron chi connectivity index (χ2n) is 4.25. The van der Waals surface area contributed by atoms with Gasteiger partial charge in [0, 0.05) is 25.0 Å². The smallest absolute Gasteiger partial charge is 0.0584 e. The van der Waals surface area contributed by atoms with Gasteiger partial charge in [0.05, 0.1) is 6.61 Å². The largest absolute Gasteiger partial charge is 0.395 e. The number of nitrogens with one attached hydrogen (secondary N) is 1. The summed E-state index contributed by atoms with van der Waals surface area (Å²) in [7, 11) is 0. The van der Waals surface area contributed by atoms with Gasteiger partial charge in [-0.1, -0.05) is 19.9 Å². The van der Waals surface area contributed by atoms with Gasteiger partial charge in [0.1, 0.15) is 0 Å². The molecule has 1 unspecified atom stereocenters. The number of hydrogen-bond acceptors (Lipinski definition) is 3. The Balaban J connectivity index is 2.34. The van der Waals surface area contributed by atoms with Gasteiger partial charge in [0.2, 0.25) is 0 Å². The van der Waals surface area contributed by atoms with Gasteiger partial charge in [-0.2, -0.15) is 0 Å². The van der Waals surface area contributed by atoms with E-state index >= 15 is 0 Å². The lowest BCUT2D eigenvalue weighted by atomic mass is 10.0. The molecule has 0 aliphatic heterocycles.